The van der Waals surface area contributed by atoms with Gasteiger partial charge in [-0.3, -0.25) is 9.59 Å². The molecule has 0 aliphatic heterocycles. The zero-order valence-electron chi connectivity index (χ0n) is 16.5. The highest BCUT2D eigenvalue weighted by molar-refractivity contribution is 6.04. The Morgan fingerprint density at radius 1 is 1.19 bits per heavy atom. The van der Waals surface area contributed by atoms with E-state index in [1.807, 2.05) is 0 Å². The molecule has 26 heavy (non-hydrogen) atoms. The van der Waals surface area contributed by atoms with Gasteiger partial charge in [-0.1, -0.05) is 33.8 Å². The fraction of sp³-hybridized carbons (Fsp3) is 0.818. The molecule has 1 N–H and O–H groups in total. The molecular formula is C22H32O4. The van der Waals surface area contributed by atoms with Crippen LogP contribution in [0.2, 0.25) is 0 Å². The van der Waals surface area contributed by atoms with Crippen molar-refractivity contribution in [2.24, 2.45) is 34.0 Å². The van der Waals surface area contributed by atoms with Crippen LogP contribution in [0.15, 0.2) is 12.2 Å². The molecule has 0 saturated heterocycles. The van der Waals surface area contributed by atoms with E-state index in [0.717, 1.165) is 32.1 Å². The SMILES string of the molecule is C=C1C(=O)[C@@]23[C@H](OC(C)=O)C[C@@H]4C(C)(C)CCC[C@@]4(C)[C@@H]2CC[C@@H]1[C@@H]3O. The minimum Gasteiger partial charge on any atom is -0.461 e. The number of Topliss-reactive ketones (excluding diaryl/α,β-unsaturated/α-hetero) is 1. The Hall–Kier alpha value is -1.16. The highest BCUT2D eigenvalue weighted by Gasteiger charge is 2.74. The van der Waals surface area contributed by atoms with Gasteiger partial charge in [-0.2, -0.15) is 0 Å². The van der Waals surface area contributed by atoms with Crippen LogP contribution in [0.25, 0.3) is 0 Å². The molecule has 0 radical (unpaired) electrons. The first-order chi connectivity index (χ1) is 12.1. The van der Waals surface area contributed by atoms with Crippen molar-refractivity contribution >= 4 is 11.8 Å². The summed E-state index contributed by atoms with van der Waals surface area (Å²) in [5.74, 6) is -0.134. The molecule has 4 nitrogen and oxygen atoms in total. The van der Waals surface area contributed by atoms with E-state index in [2.05, 4.69) is 27.4 Å². The van der Waals surface area contributed by atoms with Crippen LogP contribution in [0.5, 0.6) is 0 Å². The van der Waals surface area contributed by atoms with Crippen LogP contribution in [-0.4, -0.2) is 29.1 Å². The van der Waals surface area contributed by atoms with Crippen molar-refractivity contribution in [3.8, 4) is 0 Å². The molecule has 4 rings (SSSR count). The van der Waals surface area contributed by atoms with Gasteiger partial charge in [0, 0.05) is 12.8 Å². The van der Waals surface area contributed by atoms with Crippen LogP contribution in [-0.2, 0) is 14.3 Å². The molecule has 0 heterocycles. The van der Waals surface area contributed by atoms with Crippen LogP contribution >= 0.6 is 0 Å². The van der Waals surface area contributed by atoms with Gasteiger partial charge in [0.25, 0.3) is 0 Å². The zero-order chi connectivity index (χ0) is 19.1. The van der Waals surface area contributed by atoms with E-state index < -0.39 is 17.6 Å². The Morgan fingerprint density at radius 2 is 1.88 bits per heavy atom. The Kier molecular flexibility index (Phi) is 3.81. The predicted octanol–water partition coefficient (Wildman–Crippen LogP) is 3.67. The Labute approximate surface area is 156 Å². The molecule has 0 aromatic heterocycles. The second-order valence-electron chi connectivity index (χ2n) is 10.2. The smallest absolute Gasteiger partial charge is 0.302 e. The van der Waals surface area contributed by atoms with E-state index >= 15 is 0 Å². The summed E-state index contributed by atoms with van der Waals surface area (Å²) in [6.45, 7) is 12.4. The van der Waals surface area contributed by atoms with Crippen LogP contribution in [0, 0.1) is 34.0 Å². The van der Waals surface area contributed by atoms with Crippen molar-refractivity contribution in [3.63, 3.8) is 0 Å². The van der Waals surface area contributed by atoms with Gasteiger partial charge in [0.05, 0.1) is 11.5 Å². The van der Waals surface area contributed by atoms with Crippen molar-refractivity contribution in [2.45, 2.75) is 78.4 Å². The number of rotatable bonds is 1. The van der Waals surface area contributed by atoms with Crippen molar-refractivity contribution in [1.82, 2.24) is 0 Å². The Bertz CT molecular complexity index is 680. The molecule has 0 unspecified atom stereocenters. The number of ketones is 1. The molecule has 0 amide bonds. The summed E-state index contributed by atoms with van der Waals surface area (Å²) >= 11 is 0. The average Bonchev–Trinajstić information content (AvgIpc) is 2.65. The lowest BCUT2D eigenvalue weighted by molar-refractivity contribution is -0.233. The molecule has 0 aromatic rings. The van der Waals surface area contributed by atoms with Crippen molar-refractivity contribution in [3.05, 3.63) is 12.2 Å². The second kappa shape index (κ2) is 5.43. The Balaban J connectivity index is 1.90. The normalized spacial score (nSPS) is 49.3. The third-order valence-corrected chi connectivity index (χ3v) is 8.71. The topological polar surface area (TPSA) is 63.6 Å². The van der Waals surface area contributed by atoms with E-state index in [9.17, 15) is 14.7 Å². The van der Waals surface area contributed by atoms with Crippen LogP contribution in [0.4, 0.5) is 0 Å². The number of ether oxygens (including phenoxy) is 1. The number of aliphatic hydroxyl groups is 1. The number of fused-ring (bicyclic) bond motifs is 3. The lowest BCUT2D eigenvalue weighted by Crippen LogP contribution is -2.67. The van der Waals surface area contributed by atoms with Crippen LogP contribution < -0.4 is 0 Å². The zero-order valence-corrected chi connectivity index (χ0v) is 16.5. The highest BCUT2D eigenvalue weighted by atomic mass is 16.5. The van der Waals surface area contributed by atoms with E-state index in [1.54, 1.807) is 0 Å². The molecule has 4 aliphatic rings. The second-order valence-corrected chi connectivity index (χ2v) is 10.2. The fourth-order valence-corrected chi connectivity index (χ4v) is 7.75. The largest absolute Gasteiger partial charge is 0.461 e. The van der Waals surface area contributed by atoms with Gasteiger partial charge >= 0.3 is 5.97 Å². The fourth-order valence-electron chi connectivity index (χ4n) is 7.75. The summed E-state index contributed by atoms with van der Waals surface area (Å²) in [5, 5.41) is 11.3. The first-order valence-corrected chi connectivity index (χ1v) is 10.2. The molecule has 4 saturated carbocycles. The standard InChI is InChI=1S/C22H32O4/c1-12-14-7-8-15-21(5)10-6-9-20(3,4)16(21)11-17(26-13(2)23)22(15,18(12)24)19(14)25/h14-17,19,25H,1,6-11H2,2-5H3/t14-,15-,16+,17+,19-,21-,22-/m0/s1. The first-order valence-electron chi connectivity index (χ1n) is 10.2. The molecule has 1 spiro atoms. The molecular weight excluding hydrogens is 328 g/mol. The number of aliphatic hydroxyl groups excluding tert-OH is 1. The molecule has 4 fully saturated rings. The maximum absolute atomic E-state index is 13.5. The van der Waals surface area contributed by atoms with Gasteiger partial charge in [-0.05, 0) is 60.3 Å². The van der Waals surface area contributed by atoms with Crippen LogP contribution in [0.3, 0.4) is 0 Å². The quantitative estimate of drug-likeness (QED) is 0.572. The van der Waals surface area contributed by atoms with Crippen molar-refractivity contribution < 1.29 is 19.4 Å². The lowest BCUT2D eigenvalue weighted by atomic mass is 9.40. The number of carbonyl (C=O) groups excluding carboxylic acids is 2. The molecule has 144 valence electrons. The van der Waals surface area contributed by atoms with Crippen LogP contribution in [0.1, 0.15) is 66.2 Å². The van der Waals surface area contributed by atoms with Gasteiger partial charge in [0.1, 0.15) is 6.10 Å². The van der Waals surface area contributed by atoms with Crippen molar-refractivity contribution in [1.29, 1.82) is 0 Å². The molecule has 4 heteroatoms. The summed E-state index contributed by atoms with van der Waals surface area (Å²) in [6, 6.07) is 0. The van der Waals surface area contributed by atoms with Crippen molar-refractivity contribution in [2.75, 3.05) is 0 Å². The maximum atomic E-state index is 13.5. The average molecular weight is 360 g/mol. The summed E-state index contributed by atoms with van der Waals surface area (Å²) in [4.78, 5) is 25.4. The maximum Gasteiger partial charge on any atom is 0.302 e. The number of hydrogen-bond donors (Lipinski definition) is 1. The van der Waals surface area contributed by atoms with E-state index in [0.29, 0.717) is 17.9 Å². The summed E-state index contributed by atoms with van der Waals surface area (Å²) in [7, 11) is 0. The minimum atomic E-state index is -0.982. The van der Waals surface area contributed by atoms with E-state index in [4.69, 9.17) is 4.74 Å². The molecule has 2 bridgehead atoms. The van der Waals surface area contributed by atoms with E-state index in [1.165, 1.54) is 6.92 Å². The molecule has 0 aromatic carbocycles. The Morgan fingerprint density at radius 3 is 2.54 bits per heavy atom. The summed E-state index contributed by atoms with van der Waals surface area (Å²) in [5.41, 5.74) is -0.295. The first kappa shape index (κ1) is 18.2. The van der Waals surface area contributed by atoms with Gasteiger partial charge in [0.15, 0.2) is 5.78 Å². The van der Waals surface area contributed by atoms with Gasteiger partial charge in [-0.15, -0.1) is 0 Å². The molecule has 7 atom stereocenters. The number of carbonyl (C=O) groups is 2. The summed E-state index contributed by atoms with van der Waals surface area (Å²) in [6.07, 6.45) is 4.48. The number of hydrogen-bond acceptors (Lipinski definition) is 4. The highest BCUT2D eigenvalue weighted by Crippen LogP contribution is 2.71. The minimum absolute atomic E-state index is 0.00930. The van der Waals surface area contributed by atoms with Gasteiger partial charge < -0.3 is 9.84 Å². The number of esters is 1. The van der Waals surface area contributed by atoms with Gasteiger partial charge in [0.2, 0.25) is 0 Å². The molecule has 4 aliphatic carbocycles. The van der Waals surface area contributed by atoms with E-state index in [-0.39, 0.29) is 34.4 Å². The van der Waals surface area contributed by atoms with Gasteiger partial charge in [-0.25, -0.2) is 0 Å². The predicted molar refractivity (Wildman–Crippen MR) is 98.2 cm³/mol. The third kappa shape index (κ3) is 2.00. The third-order valence-electron chi connectivity index (χ3n) is 8.71. The summed E-state index contributed by atoms with van der Waals surface area (Å²) < 4.78 is 5.80. The monoisotopic (exact) mass is 360 g/mol. The lowest BCUT2D eigenvalue weighted by Gasteiger charge is -2.65.